The van der Waals surface area contributed by atoms with E-state index < -0.39 is 0 Å². The van der Waals surface area contributed by atoms with Crippen molar-refractivity contribution in [3.63, 3.8) is 0 Å². The number of Topliss-reactive ketones (excluding diaryl/α,β-unsaturated/α-hetero) is 1. The number of hydrogen-bond donors (Lipinski definition) is 0. The molecule has 0 saturated heterocycles. The van der Waals surface area contributed by atoms with Crippen molar-refractivity contribution in [2.45, 2.75) is 6.92 Å². The topological polar surface area (TPSA) is 30.0 Å². The van der Waals surface area contributed by atoms with Gasteiger partial charge in [0.1, 0.15) is 0 Å². The molecule has 0 aliphatic heterocycles. The van der Waals surface area contributed by atoms with Crippen LogP contribution in [0, 0.1) is 0 Å². The van der Waals surface area contributed by atoms with Crippen molar-refractivity contribution >= 4 is 28.4 Å². The van der Waals surface area contributed by atoms with E-state index in [4.69, 9.17) is 0 Å². The van der Waals surface area contributed by atoms with Crippen molar-refractivity contribution in [1.82, 2.24) is 4.98 Å². The van der Waals surface area contributed by atoms with Gasteiger partial charge in [0.05, 0.1) is 11.3 Å². The van der Waals surface area contributed by atoms with E-state index in [0.717, 1.165) is 16.7 Å². The van der Waals surface area contributed by atoms with Gasteiger partial charge < -0.3 is 0 Å². The lowest BCUT2D eigenvalue weighted by Crippen LogP contribution is -2.03. The highest BCUT2D eigenvalue weighted by atomic mass is 32.2. The van der Waals surface area contributed by atoms with Gasteiger partial charge in [-0.05, 0) is 17.9 Å². The molecule has 1 aromatic carbocycles. The van der Waals surface area contributed by atoms with E-state index in [1.807, 2.05) is 30.3 Å². The van der Waals surface area contributed by atoms with Crippen LogP contribution in [0.4, 0.5) is 0 Å². The predicted octanol–water partition coefficient (Wildman–Crippen LogP) is 3.17. The zero-order chi connectivity index (χ0) is 11.4. The highest BCUT2D eigenvalue weighted by Gasteiger charge is 2.06. The lowest BCUT2D eigenvalue weighted by molar-refractivity contribution is 0.102. The summed E-state index contributed by atoms with van der Waals surface area (Å²) in [6.45, 7) is 2.05. The van der Waals surface area contributed by atoms with Crippen LogP contribution in [0.1, 0.15) is 17.3 Å². The molecule has 2 rings (SSSR count). The first-order chi connectivity index (χ1) is 7.81. The summed E-state index contributed by atoms with van der Waals surface area (Å²) < 4.78 is 0. The van der Waals surface area contributed by atoms with E-state index in [1.165, 1.54) is 0 Å². The summed E-state index contributed by atoms with van der Waals surface area (Å²) >= 11 is 1.64. The quantitative estimate of drug-likeness (QED) is 0.757. The molecule has 0 saturated carbocycles. The van der Waals surface area contributed by atoms with E-state index >= 15 is 0 Å². The second-order valence-corrected chi connectivity index (χ2v) is 4.75. The maximum Gasteiger partial charge on any atom is 0.174 e. The number of carbonyl (C=O) groups excluding carboxylic acids is 1. The van der Waals surface area contributed by atoms with Crippen LogP contribution in [0.25, 0.3) is 10.9 Å². The maximum atomic E-state index is 11.8. The molecule has 0 fully saturated rings. The number of nitrogens with zero attached hydrogens (tertiary/aromatic N) is 1. The van der Waals surface area contributed by atoms with E-state index in [9.17, 15) is 4.79 Å². The van der Waals surface area contributed by atoms with Crippen LogP contribution in [0.15, 0.2) is 36.5 Å². The Bertz CT molecular complexity index is 510. The molecule has 3 heteroatoms. The Morgan fingerprint density at radius 2 is 2.19 bits per heavy atom. The number of ketones is 1. The number of fused-ring (bicyclic) bond motifs is 1. The van der Waals surface area contributed by atoms with Crippen molar-refractivity contribution < 1.29 is 4.79 Å². The Labute approximate surface area is 99.1 Å². The minimum Gasteiger partial charge on any atom is -0.293 e. The standard InChI is InChI=1S/C13H13NOS/c1-2-16-9-13(15)11-7-10-5-3-4-6-12(10)14-8-11/h3-8H,2,9H2,1H3. The zero-order valence-corrected chi connectivity index (χ0v) is 9.96. The number of aromatic nitrogens is 1. The number of para-hydroxylation sites is 1. The van der Waals surface area contributed by atoms with Crippen LogP contribution < -0.4 is 0 Å². The van der Waals surface area contributed by atoms with E-state index in [-0.39, 0.29) is 5.78 Å². The number of benzene rings is 1. The van der Waals surface area contributed by atoms with Crippen molar-refractivity contribution in [1.29, 1.82) is 0 Å². The molecule has 0 atom stereocenters. The molecule has 0 aliphatic rings. The summed E-state index contributed by atoms with van der Waals surface area (Å²) in [6.07, 6.45) is 1.67. The van der Waals surface area contributed by atoms with Crippen molar-refractivity contribution in [3.8, 4) is 0 Å². The Kier molecular flexibility index (Phi) is 3.57. The molecule has 0 aliphatic carbocycles. The SMILES string of the molecule is CCSCC(=O)c1cnc2ccccc2c1. The first kappa shape index (κ1) is 11.1. The third kappa shape index (κ3) is 2.42. The molecule has 82 valence electrons. The molecule has 0 amide bonds. The van der Waals surface area contributed by atoms with Crippen LogP contribution in [0.5, 0.6) is 0 Å². The molecule has 0 radical (unpaired) electrons. The number of pyridine rings is 1. The maximum absolute atomic E-state index is 11.8. The Balaban J connectivity index is 2.28. The number of rotatable bonds is 4. The molecular weight excluding hydrogens is 218 g/mol. The molecule has 0 unspecified atom stereocenters. The molecule has 0 spiro atoms. The van der Waals surface area contributed by atoms with Gasteiger partial charge in [0.25, 0.3) is 0 Å². The van der Waals surface area contributed by atoms with Gasteiger partial charge >= 0.3 is 0 Å². The van der Waals surface area contributed by atoms with Crippen LogP contribution in [-0.2, 0) is 0 Å². The monoisotopic (exact) mass is 231 g/mol. The summed E-state index contributed by atoms with van der Waals surface area (Å²) in [7, 11) is 0. The molecule has 0 bridgehead atoms. The largest absolute Gasteiger partial charge is 0.293 e. The summed E-state index contributed by atoms with van der Waals surface area (Å²) in [6, 6.07) is 9.75. The Morgan fingerprint density at radius 1 is 1.38 bits per heavy atom. The van der Waals surface area contributed by atoms with Crippen LogP contribution in [0.3, 0.4) is 0 Å². The summed E-state index contributed by atoms with van der Waals surface area (Å²) in [4.78, 5) is 16.1. The van der Waals surface area contributed by atoms with Gasteiger partial charge in [0, 0.05) is 17.1 Å². The lowest BCUT2D eigenvalue weighted by atomic mass is 10.1. The summed E-state index contributed by atoms with van der Waals surface area (Å²) in [5.74, 6) is 1.66. The second-order valence-electron chi connectivity index (χ2n) is 3.48. The second kappa shape index (κ2) is 5.12. The molecule has 1 aromatic heterocycles. The van der Waals surface area contributed by atoms with Gasteiger partial charge in [-0.3, -0.25) is 9.78 Å². The molecule has 2 nitrogen and oxygen atoms in total. The number of thioether (sulfide) groups is 1. The van der Waals surface area contributed by atoms with E-state index in [1.54, 1.807) is 18.0 Å². The van der Waals surface area contributed by atoms with Gasteiger partial charge in [0.2, 0.25) is 0 Å². The van der Waals surface area contributed by atoms with Crippen LogP contribution >= 0.6 is 11.8 Å². The minimum atomic E-state index is 0.158. The van der Waals surface area contributed by atoms with Gasteiger partial charge in [-0.1, -0.05) is 25.1 Å². The van der Waals surface area contributed by atoms with Gasteiger partial charge in [-0.2, -0.15) is 11.8 Å². The molecule has 2 aromatic rings. The zero-order valence-electron chi connectivity index (χ0n) is 9.14. The highest BCUT2D eigenvalue weighted by Crippen LogP contribution is 2.14. The van der Waals surface area contributed by atoms with Gasteiger partial charge in [-0.25, -0.2) is 0 Å². The molecule has 0 N–H and O–H groups in total. The summed E-state index contributed by atoms with van der Waals surface area (Å²) in [5.41, 5.74) is 1.64. The lowest BCUT2D eigenvalue weighted by Gasteiger charge is -2.01. The van der Waals surface area contributed by atoms with Crippen LogP contribution in [-0.4, -0.2) is 22.3 Å². The van der Waals surface area contributed by atoms with Crippen molar-refractivity contribution in [2.75, 3.05) is 11.5 Å². The third-order valence-electron chi connectivity index (χ3n) is 2.35. The molecule has 16 heavy (non-hydrogen) atoms. The van der Waals surface area contributed by atoms with Crippen molar-refractivity contribution in [2.24, 2.45) is 0 Å². The normalized spacial score (nSPS) is 10.6. The van der Waals surface area contributed by atoms with Gasteiger partial charge in [-0.15, -0.1) is 0 Å². The third-order valence-corrected chi connectivity index (χ3v) is 3.22. The number of hydrogen-bond acceptors (Lipinski definition) is 3. The Hall–Kier alpha value is -1.35. The minimum absolute atomic E-state index is 0.158. The Morgan fingerprint density at radius 3 is 3.00 bits per heavy atom. The van der Waals surface area contributed by atoms with Gasteiger partial charge in [0.15, 0.2) is 5.78 Å². The smallest absolute Gasteiger partial charge is 0.174 e. The summed E-state index contributed by atoms with van der Waals surface area (Å²) in [5, 5.41) is 1.02. The van der Waals surface area contributed by atoms with Crippen LogP contribution in [0.2, 0.25) is 0 Å². The molecular formula is C13H13NOS. The molecule has 1 heterocycles. The first-order valence-corrected chi connectivity index (χ1v) is 6.42. The fourth-order valence-corrected chi connectivity index (χ4v) is 2.06. The highest BCUT2D eigenvalue weighted by molar-refractivity contribution is 7.99. The fourth-order valence-electron chi connectivity index (χ4n) is 1.50. The first-order valence-electron chi connectivity index (χ1n) is 5.27. The average molecular weight is 231 g/mol. The van der Waals surface area contributed by atoms with Crippen molar-refractivity contribution in [3.05, 3.63) is 42.1 Å². The predicted molar refractivity (Wildman–Crippen MR) is 69.1 cm³/mol. The number of carbonyl (C=O) groups is 1. The van der Waals surface area contributed by atoms with E-state index in [0.29, 0.717) is 11.3 Å². The fraction of sp³-hybridized carbons (Fsp3) is 0.231. The van der Waals surface area contributed by atoms with E-state index in [2.05, 4.69) is 11.9 Å². The average Bonchev–Trinajstić information content (AvgIpc) is 2.35.